The highest BCUT2D eigenvalue weighted by Crippen LogP contribution is 2.15. The average molecular weight is 319 g/mol. The van der Waals surface area contributed by atoms with E-state index in [1.165, 1.54) is 0 Å². The first kappa shape index (κ1) is 17.2. The first-order valence-electron chi connectivity index (χ1n) is 7.69. The van der Waals surface area contributed by atoms with Crippen molar-refractivity contribution in [2.75, 3.05) is 13.7 Å². The van der Waals surface area contributed by atoms with Gasteiger partial charge in [-0.25, -0.2) is 0 Å². The van der Waals surface area contributed by atoms with E-state index in [0.29, 0.717) is 19.4 Å². The Morgan fingerprint density at radius 2 is 2.09 bits per heavy atom. The molecule has 23 heavy (non-hydrogen) atoms. The third kappa shape index (κ3) is 3.98. The number of hydrogen-bond donors (Lipinski definition) is 1. The Morgan fingerprint density at radius 1 is 1.35 bits per heavy atom. The van der Waals surface area contributed by atoms with Gasteiger partial charge in [0.15, 0.2) is 0 Å². The number of nitrogens with zero attached hydrogens (tertiary/aromatic N) is 4. The van der Waals surface area contributed by atoms with Gasteiger partial charge in [-0.1, -0.05) is 0 Å². The van der Waals surface area contributed by atoms with Crippen LogP contribution in [0.1, 0.15) is 35.1 Å². The summed E-state index contributed by atoms with van der Waals surface area (Å²) >= 11 is 0. The van der Waals surface area contributed by atoms with Gasteiger partial charge in [-0.3, -0.25) is 14.2 Å². The summed E-state index contributed by atoms with van der Waals surface area (Å²) in [6, 6.07) is 1.69. The number of carbonyl (C=O) groups is 1. The van der Waals surface area contributed by atoms with Crippen molar-refractivity contribution in [3.05, 3.63) is 34.9 Å². The van der Waals surface area contributed by atoms with Crippen molar-refractivity contribution in [3.63, 3.8) is 0 Å². The highest BCUT2D eigenvalue weighted by molar-refractivity contribution is 5.76. The van der Waals surface area contributed by atoms with Gasteiger partial charge < -0.3 is 10.1 Å². The minimum Gasteiger partial charge on any atom is -0.382 e. The molecule has 2 aromatic heterocycles. The summed E-state index contributed by atoms with van der Waals surface area (Å²) in [5.74, 6) is -0.00379. The number of carbonyl (C=O) groups excluding carboxylic acids is 1. The van der Waals surface area contributed by atoms with Crippen LogP contribution in [0.5, 0.6) is 0 Å². The average Bonchev–Trinajstić information content (AvgIpc) is 3.01. The van der Waals surface area contributed by atoms with Crippen molar-refractivity contribution in [1.82, 2.24) is 24.9 Å². The van der Waals surface area contributed by atoms with Gasteiger partial charge in [0.1, 0.15) is 0 Å². The number of hydrogen-bond acceptors (Lipinski definition) is 4. The Hall–Kier alpha value is -2.15. The Labute approximate surface area is 136 Å². The first-order chi connectivity index (χ1) is 10.9. The number of aryl methyl sites for hydroxylation is 3. The van der Waals surface area contributed by atoms with Crippen molar-refractivity contribution in [1.29, 1.82) is 0 Å². The Balaban J connectivity index is 1.98. The lowest BCUT2D eigenvalue weighted by Crippen LogP contribution is -2.32. The van der Waals surface area contributed by atoms with Crippen LogP contribution in [0, 0.1) is 13.8 Å². The van der Waals surface area contributed by atoms with Crippen LogP contribution in [0.3, 0.4) is 0 Å². The molecule has 0 fully saturated rings. The molecule has 0 aliphatic heterocycles. The van der Waals surface area contributed by atoms with E-state index in [1.54, 1.807) is 18.0 Å². The maximum atomic E-state index is 12.3. The molecule has 7 nitrogen and oxygen atoms in total. The molecule has 1 amide bonds. The summed E-state index contributed by atoms with van der Waals surface area (Å²) in [4.78, 5) is 12.3. The predicted molar refractivity (Wildman–Crippen MR) is 87.0 cm³/mol. The highest BCUT2D eigenvalue weighted by atomic mass is 16.5. The van der Waals surface area contributed by atoms with Gasteiger partial charge in [0.25, 0.3) is 0 Å². The topological polar surface area (TPSA) is 74.0 Å². The zero-order chi connectivity index (χ0) is 17.0. The molecular formula is C16H25N5O2. The van der Waals surface area contributed by atoms with Crippen LogP contribution in [0.15, 0.2) is 12.3 Å². The molecule has 0 aromatic carbocycles. The third-order valence-corrected chi connectivity index (χ3v) is 4.15. The number of methoxy groups -OCH3 is 1. The lowest BCUT2D eigenvalue weighted by molar-refractivity contribution is -0.122. The molecule has 1 atom stereocenters. The van der Waals surface area contributed by atoms with Gasteiger partial charge in [-0.2, -0.15) is 10.2 Å². The maximum Gasteiger partial charge on any atom is 0.220 e. The Bertz CT molecular complexity index is 674. The fourth-order valence-corrected chi connectivity index (χ4v) is 2.78. The molecule has 0 aliphatic rings. The molecule has 1 unspecified atom stereocenters. The summed E-state index contributed by atoms with van der Waals surface area (Å²) in [5, 5.41) is 11.6. The van der Waals surface area contributed by atoms with E-state index < -0.39 is 0 Å². The molecule has 0 saturated carbocycles. The van der Waals surface area contributed by atoms with E-state index in [1.807, 2.05) is 38.7 Å². The molecule has 7 heteroatoms. The van der Waals surface area contributed by atoms with Crippen molar-refractivity contribution >= 4 is 5.91 Å². The second-order valence-corrected chi connectivity index (χ2v) is 5.73. The molecule has 126 valence electrons. The van der Waals surface area contributed by atoms with Crippen LogP contribution in [-0.2, 0) is 30.0 Å². The molecule has 0 bridgehead atoms. The van der Waals surface area contributed by atoms with Crippen LogP contribution in [0.4, 0.5) is 0 Å². The third-order valence-electron chi connectivity index (χ3n) is 4.15. The van der Waals surface area contributed by atoms with Gasteiger partial charge in [-0.15, -0.1) is 0 Å². The molecule has 2 aromatic rings. The smallest absolute Gasteiger partial charge is 0.220 e. The molecule has 0 saturated heterocycles. The summed E-state index contributed by atoms with van der Waals surface area (Å²) < 4.78 is 8.82. The van der Waals surface area contributed by atoms with Crippen LogP contribution >= 0.6 is 0 Å². The second kappa shape index (κ2) is 7.41. The normalized spacial score (nSPS) is 12.4. The van der Waals surface area contributed by atoms with E-state index in [2.05, 4.69) is 15.5 Å². The number of amides is 1. The quantitative estimate of drug-likeness (QED) is 0.832. The summed E-state index contributed by atoms with van der Waals surface area (Å²) in [5.41, 5.74) is 4.16. The monoisotopic (exact) mass is 319 g/mol. The van der Waals surface area contributed by atoms with Crippen molar-refractivity contribution in [3.8, 4) is 0 Å². The van der Waals surface area contributed by atoms with Crippen LogP contribution in [0.25, 0.3) is 0 Å². The molecule has 0 radical (unpaired) electrons. The van der Waals surface area contributed by atoms with Crippen molar-refractivity contribution < 1.29 is 9.53 Å². The SMILES string of the molecule is COCC(NC(=O)CCc1c(C)nn(C)c1C)c1ccnn1C. The van der Waals surface area contributed by atoms with Gasteiger partial charge in [0, 0.05) is 39.5 Å². The van der Waals surface area contributed by atoms with E-state index in [9.17, 15) is 4.79 Å². The Morgan fingerprint density at radius 3 is 2.61 bits per heavy atom. The highest BCUT2D eigenvalue weighted by Gasteiger charge is 2.18. The zero-order valence-corrected chi connectivity index (χ0v) is 14.5. The fourth-order valence-electron chi connectivity index (χ4n) is 2.78. The predicted octanol–water partition coefficient (Wildman–Crippen LogP) is 1.21. The van der Waals surface area contributed by atoms with Gasteiger partial charge >= 0.3 is 0 Å². The van der Waals surface area contributed by atoms with Crippen LogP contribution in [-0.4, -0.2) is 39.2 Å². The van der Waals surface area contributed by atoms with E-state index in [-0.39, 0.29) is 11.9 Å². The standard InChI is InChI=1S/C16H25N5O2/c1-11-13(12(2)20(3)19-11)6-7-16(22)18-14(10-23-5)15-8-9-17-21(15)4/h8-9,14H,6-7,10H2,1-5H3,(H,18,22). The fraction of sp³-hybridized carbons (Fsp3) is 0.562. The molecule has 0 aliphatic carbocycles. The van der Waals surface area contributed by atoms with Crippen LogP contribution < -0.4 is 5.32 Å². The number of nitrogens with one attached hydrogen (secondary N) is 1. The van der Waals surface area contributed by atoms with E-state index >= 15 is 0 Å². The lowest BCUT2D eigenvalue weighted by atomic mass is 10.1. The second-order valence-electron chi connectivity index (χ2n) is 5.73. The van der Waals surface area contributed by atoms with Crippen molar-refractivity contribution in [2.24, 2.45) is 14.1 Å². The minimum atomic E-state index is -0.198. The lowest BCUT2D eigenvalue weighted by Gasteiger charge is -2.18. The minimum absolute atomic E-state index is 0.00379. The summed E-state index contributed by atoms with van der Waals surface area (Å²) in [6.45, 7) is 4.41. The molecule has 1 N–H and O–H groups in total. The van der Waals surface area contributed by atoms with E-state index in [4.69, 9.17) is 4.74 Å². The number of aromatic nitrogens is 4. The zero-order valence-electron chi connectivity index (χ0n) is 14.5. The van der Waals surface area contributed by atoms with Gasteiger partial charge in [0.2, 0.25) is 5.91 Å². The van der Waals surface area contributed by atoms with Gasteiger partial charge in [0.05, 0.1) is 24.0 Å². The van der Waals surface area contributed by atoms with E-state index in [0.717, 1.165) is 22.6 Å². The number of rotatable bonds is 7. The number of ether oxygens (including phenoxy) is 1. The summed E-state index contributed by atoms with van der Waals surface area (Å²) in [6.07, 6.45) is 2.82. The maximum absolute atomic E-state index is 12.3. The van der Waals surface area contributed by atoms with Crippen molar-refractivity contribution in [2.45, 2.75) is 32.7 Å². The van der Waals surface area contributed by atoms with Crippen LogP contribution in [0.2, 0.25) is 0 Å². The van der Waals surface area contributed by atoms with Gasteiger partial charge in [-0.05, 0) is 31.9 Å². The largest absolute Gasteiger partial charge is 0.382 e. The molecule has 0 spiro atoms. The Kier molecular flexibility index (Phi) is 5.54. The first-order valence-corrected chi connectivity index (χ1v) is 7.69. The molecular weight excluding hydrogens is 294 g/mol. The summed E-state index contributed by atoms with van der Waals surface area (Å²) in [7, 11) is 5.40. The molecule has 2 rings (SSSR count). The molecule has 2 heterocycles.